The number of nitrogens with two attached hydrogens (primary N) is 1. The Bertz CT molecular complexity index is 666. The summed E-state index contributed by atoms with van der Waals surface area (Å²) in [6.45, 7) is -0.672. The molecule has 1 fully saturated rings. The number of halogens is 4. The van der Waals surface area contributed by atoms with E-state index in [1.54, 1.807) is 0 Å². The van der Waals surface area contributed by atoms with Crippen molar-refractivity contribution in [2.75, 3.05) is 11.4 Å². The predicted molar refractivity (Wildman–Crippen MR) is 60.1 cm³/mol. The van der Waals surface area contributed by atoms with Gasteiger partial charge in [0, 0.05) is 19.0 Å². The van der Waals surface area contributed by atoms with Gasteiger partial charge in [0.2, 0.25) is 15.9 Å². The Morgan fingerprint density at radius 3 is 2.05 bits per heavy atom. The number of sulfonamides is 1. The van der Waals surface area contributed by atoms with E-state index >= 15 is 0 Å². The van der Waals surface area contributed by atoms with E-state index in [0.717, 1.165) is 0 Å². The number of carbonyl (C=O) groups excluding carboxylic acids is 1. The van der Waals surface area contributed by atoms with Crippen molar-refractivity contribution in [1.29, 1.82) is 0 Å². The van der Waals surface area contributed by atoms with Crippen LogP contribution in [-0.4, -0.2) is 26.1 Å². The Morgan fingerprint density at radius 2 is 1.65 bits per heavy atom. The molecule has 1 aliphatic heterocycles. The first kappa shape index (κ1) is 14.7. The molecule has 1 heterocycles. The average molecular weight is 312 g/mol. The Hall–Kier alpha value is -1.68. The van der Waals surface area contributed by atoms with Gasteiger partial charge in [0.25, 0.3) is 0 Å². The molecule has 1 amide bonds. The summed E-state index contributed by atoms with van der Waals surface area (Å²) in [5.41, 5.74) is -1.25. The first-order valence-corrected chi connectivity index (χ1v) is 6.89. The SMILES string of the molecule is NS(=O)(=O)C1CC(=O)N(c2c(F)c(F)cc(F)c2F)C1. The molecule has 1 atom stereocenters. The van der Waals surface area contributed by atoms with Crippen molar-refractivity contribution in [3.8, 4) is 0 Å². The van der Waals surface area contributed by atoms with Crippen LogP contribution in [0.25, 0.3) is 0 Å². The van der Waals surface area contributed by atoms with E-state index in [9.17, 15) is 30.8 Å². The highest BCUT2D eigenvalue weighted by Crippen LogP contribution is 2.32. The van der Waals surface area contributed by atoms with E-state index in [4.69, 9.17) is 5.14 Å². The number of hydrogen-bond donors (Lipinski definition) is 1. The van der Waals surface area contributed by atoms with Crippen LogP contribution >= 0.6 is 0 Å². The minimum absolute atomic E-state index is 0.00806. The number of carbonyl (C=O) groups is 1. The van der Waals surface area contributed by atoms with Crippen molar-refractivity contribution in [1.82, 2.24) is 0 Å². The quantitative estimate of drug-likeness (QED) is 0.643. The van der Waals surface area contributed by atoms with Crippen molar-refractivity contribution in [3.63, 3.8) is 0 Å². The van der Waals surface area contributed by atoms with E-state index in [1.165, 1.54) is 0 Å². The van der Waals surface area contributed by atoms with Gasteiger partial charge in [-0.15, -0.1) is 0 Å². The molecule has 110 valence electrons. The summed E-state index contributed by atoms with van der Waals surface area (Å²) in [6, 6.07) is -0.00806. The van der Waals surface area contributed by atoms with Gasteiger partial charge in [0.15, 0.2) is 23.3 Å². The molecule has 1 aromatic rings. The lowest BCUT2D eigenvalue weighted by molar-refractivity contribution is -0.117. The molecule has 1 saturated heterocycles. The van der Waals surface area contributed by atoms with E-state index in [1.807, 2.05) is 0 Å². The zero-order chi connectivity index (χ0) is 15.2. The number of primary sulfonamides is 1. The van der Waals surface area contributed by atoms with Gasteiger partial charge in [-0.1, -0.05) is 0 Å². The maximum atomic E-state index is 13.5. The average Bonchev–Trinajstić information content (AvgIpc) is 2.69. The molecule has 0 aliphatic carbocycles. The fourth-order valence-electron chi connectivity index (χ4n) is 1.91. The van der Waals surface area contributed by atoms with Gasteiger partial charge in [0.1, 0.15) is 10.9 Å². The molecule has 1 unspecified atom stereocenters. The smallest absolute Gasteiger partial charge is 0.228 e. The largest absolute Gasteiger partial charge is 0.306 e. The normalized spacial score (nSPS) is 19.8. The van der Waals surface area contributed by atoms with E-state index in [0.29, 0.717) is 4.90 Å². The second-order valence-corrected chi connectivity index (χ2v) is 6.08. The van der Waals surface area contributed by atoms with E-state index in [-0.39, 0.29) is 6.07 Å². The topological polar surface area (TPSA) is 80.5 Å². The summed E-state index contributed by atoms with van der Waals surface area (Å²) in [5, 5.41) is 3.45. The molecule has 0 spiro atoms. The van der Waals surface area contributed by atoms with Crippen LogP contribution in [0.5, 0.6) is 0 Å². The van der Waals surface area contributed by atoms with Crippen LogP contribution < -0.4 is 10.0 Å². The molecule has 5 nitrogen and oxygen atoms in total. The van der Waals surface area contributed by atoms with Crippen molar-refractivity contribution < 1.29 is 30.8 Å². The molecule has 0 radical (unpaired) electrons. The van der Waals surface area contributed by atoms with Gasteiger partial charge in [-0.2, -0.15) is 0 Å². The van der Waals surface area contributed by atoms with E-state index in [2.05, 4.69) is 0 Å². The van der Waals surface area contributed by atoms with Gasteiger partial charge < -0.3 is 4.90 Å². The Kier molecular flexibility index (Phi) is 3.46. The Labute approximate surface area is 111 Å². The van der Waals surface area contributed by atoms with Crippen molar-refractivity contribution in [2.45, 2.75) is 11.7 Å². The number of anilines is 1. The fourth-order valence-corrected chi connectivity index (χ4v) is 2.64. The van der Waals surface area contributed by atoms with Crippen LogP contribution in [0.15, 0.2) is 6.07 Å². The van der Waals surface area contributed by atoms with Gasteiger partial charge in [-0.05, 0) is 0 Å². The van der Waals surface area contributed by atoms with Crippen LogP contribution in [0.2, 0.25) is 0 Å². The molecule has 2 rings (SSSR count). The number of hydrogen-bond acceptors (Lipinski definition) is 3. The summed E-state index contributed by atoms with van der Waals surface area (Å²) >= 11 is 0. The Balaban J connectivity index is 2.51. The standard InChI is InChI=1S/C10H8F4N2O3S/c11-5-2-6(12)9(14)10(8(5)13)16-3-4(1-7(16)17)20(15,18)19/h2,4H,1,3H2,(H2,15,18,19). The summed E-state index contributed by atoms with van der Waals surface area (Å²) in [5.74, 6) is -7.91. The third-order valence-electron chi connectivity index (χ3n) is 2.91. The summed E-state index contributed by atoms with van der Waals surface area (Å²) in [4.78, 5) is 11.9. The molecular formula is C10H8F4N2O3S. The maximum absolute atomic E-state index is 13.5. The lowest BCUT2D eigenvalue weighted by Crippen LogP contribution is -2.33. The summed E-state index contributed by atoms with van der Waals surface area (Å²) in [6.07, 6.45) is -0.615. The van der Waals surface area contributed by atoms with Gasteiger partial charge >= 0.3 is 0 Å². The highest BCUT2D eigenvalue weighted by atomic mass is 32.2. The molecular weight excluding hydrogens is 304 g/mol. The summed E-state index contributed by atoms with van der Waals surface area (Å²) in [7, 11) is -4.12. The number of nitrogens with zero attached hydrogens (tertiary/aromatic N) is 1. The van der Waals surface area contributed by atoms with Crippen LogP contribution in [-0.2, 0) is 14.8 Å². The van der Waals surface area contributed by atoms with Crippen molar-refractivity contribution >= 4 is 21.6 Å². The van der Waals surface area contributed by atoms with Crippen molar-refractivity contribution in [3.05, 3.63) is 29.3 Å². The van der Waals surface area contributed by atoms with Crippen LogP contribution in [0, 0.1) is 23.3 Å². The molecule has 1 aromatic carbocycles. The van der Waals surface area contributed by atoms with Crippen LogP contribution in [0.1, 0.15) is 6.42 Å². The zero-order valence-electron chi connectivity index (χ0n) is 9.74. The first-order chi connectivity index (χ1) is 9.12. The lowest BCUT2D eigenvalue weighted by atomic mass is 10.2. The highest BCUT2D eigenvalue weighted by Gasteiger charge is 2.40. The number of rotatable bonds is 2. The molecule has 1 aliphatic rings. The summed E-state index contributed by atoms with van der Waals surface area (Å²) < 4.78 is 75.5. The number of benzene rings is 1. The minimum atomic E-state index is -4.12. The lowest BCUT2D eigenvalue weighted by Gasteiger charge is -2.18. The van der Waals surface area contributed by atoms with E-state index < -0.39 is 63.1 Å². The minimum Gasteiger partial charge on any atom is -0.306 e. The molecule has 10 heteroatoms. The Morgan fingerprint density at radius 1 is 1.15 bits per heavy atom. The fraction of sp³-hybridized carbons (Fsp3) is 0.300. The third-order valence-corrected chi connectivity index (χ3v) is 4.16. The van der Waals surface area contributed by atoms with Gasteiger partial charge in [0.05, 0.1) is 0 Å². The van der Waals surface area contributed by atoms with Gasteiger partial charge in [-0.3, -0.25) is 4.79 Å². The number of amides is 1. The third kappa shape index (κ3) is 2.36. The monoisotopic (exact) mass is 312 g/mol. The predicted octanol–water partition coefficient (Wildman–Crippen LogP) is 0.637. The van der Waals surface area contributed by atoms with Crippen LogP contribution in [0.3, 0.4) is 0 Å². The maximum Gasteiger partial charge on any atom is 0.228 e. The molecule has 0 bridgehead atoms. The molecule has 0 saturated carbocycles. The molecule has 2 N–H and O–H groups in total. The second-order valence-electron chi connectivity index (χ2n) is 4.24. The van der Waals surface area contributed by atoms with Crippen molar-refractivity contribution in [2.24, 2.45) is 5.14 Å². The second kappa shape index (κ2) is 4.70. The molecule has 20 heavy (non-hydrogen) atoms. The highest BCUT2D eigenvalue weighted by molar-refractivity contribution is 7.89. The molecule has 0 aromatic heterocycles. The van der Waals surface area contributed by atoms with Crippen LogP contribution in [0.4, 0.5) is 23.2 Å². The zero-order valence-corrected chi connectivity index (χ0v) is 10.6. The van der Waals surface area contributed by atoms with Gasteiger partial charge in [-0.25, -0.2) is 31.1 Å². The first-order valence-electron chi connectivity index (χ1n) is 5.28.